The average molecular weight is 251 g/mol. The van der Waals surface area contributed by atoms with Crippen molar-refractivity contribution in [1.29, 1.82) is 0 Å². The molecule has 1 heterocycles. The second-order valence-corrected chi connectivity index (χ2v) is 4.78. The molecule has 0 radical (unpaired) electrons. The predicted octanol–water partition coefficient (Wildman–Crippen LogP) is 1.75. The van der Waals surface area contributed by atoms with Crippen LogP contribution in [0.5, 0.6) is 0 Å². The number of hydrogen-bond donors (Lipinski definition) is 2. The number of hydrogen-bond acceptors (Lipinski definition) is 3. The molecule has 0 saturated carbocycles. The first-order valence-electron chi connectivity index (χ1n) is 5.62. The summed E-state index contributed by atoms with van der Waals surface area (Å²) >= 11 is 1.56. The van der Waals surface area contributed by atoms with E-state index in [2.05, 4.69) is 17.2 Å². The van der Waals surface area contributed by atoms with Crippen LogP contribution in [0, 0.1) is 17.8 Å². The minimum atomic E-state index is -0.129. The SMILES string of the molecule is CCC(C)C(=O)NCc1cc(C#CCO)cs1. The predicted molar refractivity (Wildman–Crippen MR) is 69.6 cm³/mol. The van der Waals surface area contributed by atoms with Gasteiger partial charge in [0.2, 0.25) is 5.91 Å². The molecule has 2 N–H and O–H groups in total. The summed E-state index contributed by atoms with van der Waals surface area (Å²) < 4.78 is 0. The van der Waals surface area contributed by atoms with Gasteiger partial charge in [0.15, 0.2) is 0 Å². The van der Waals surface area contributed by atoms with Gasteiger partial charge in [-0.05, 0) is 12.5 Å². The Balaban J connectivity index is 2.47. The number of aliphatic hydroxyl groups is 1. The van der Waals surface area contributed by atoms with Crippen molar-refractivity contribution < 1.29 is 9.90 Å². The minimum absolute atomic E-state index is 0.0589. The summed E-state index contributed by atoms with van der Waals surface area (Å²) in [6.07, 6.45) is 0.851. The highest BCUT2D eigenvalue weighted by Crippen LogP contribution is 2.13. The largest absolute Gasteiger partial charge is 0.384 e. The summed E-state index contributed by atoms with van der Waals surface area (Å²) in [5.41, 5.74) is 0.886. The lowest BCUT2D eigenvalue weighted by Gasteiger charge is -2.08. The van der Waals surface area contributed by atoms with Crippen LogP contribution in [0.3, 0.4) is 0 Å². The maximum Gasteiger partial charge on any atom is 0.223 e. The van der Waals surface area contributed by atoms with Gasteiger partial charge in [-0.1, -0.05) is 25.7 Å². The Hall–Kier alpha value is -1.31. The van der Waals surface area contributed by atoms with Crippen molar-refractivity contribution in [2.24, 2.45) is 5.92 Å². The molecule has 0 aromatic carbocycles. The van der Waals surface area contributed by atoms with Gasteiger partial charge in [0.05, 0.1) is 6.54 Å². The van der Waals surface area contributed by atoms with Crippen LogP contribution in [0.15, 0.2) is 11.4 Å². The number of carbonyl (C=O) groups excluding carboxylic acids is 1. The fraction of sp³-hybridized carbons (Fsp3) is 0.462. The number of amides is 1. The standard InChI is InChI=1S/C13H17NO2S/c1-3-10(2)13(16)14-8-12-7-11(9-17-12)5-4-6-15/h7,9-10,15H,3,6,8H2,1-2H3,(H,14,16). The zero-order valence-corrected chi connectivity index (χ0v) is 10.9. The average Bonchev–Trinajstić information content (AvgIpc) is 2.80. The number of nitrogens with one attached hydrogen (secondary N) is 1. The number of aliphatic hydroxyl groups excluding tert-OH is 1. The Morgan fingerprint density at radius 1 is 1.65 bits per heavy atom. The van der Waals surface area contributed by atoms with Gasteiger partial charge in [-0.2, -0.15) is 0 Å². The van der Waals surface area contributed by atoms with E-state index in [4.69, 9.17) is 5.11 Å². The number of rotatable bonds is 4. The molecular weight excluding hydrogens is 234 g/mol. The third-order valence-corrected chi connectivity index (χ3v) is 3.40. The molecule has 4 heteroatoms. The molecule has 0 aliphatic rings. The third kappa shape index (κ3) is 4.59. The van der Waals surface area contributed by atoms with Crippen LogP contribution < -0.4 is 5.32 Å². The van der Waals surface area contributed by atoms with E-state index < -0.39 is 0 Å². The first-order chi connectivity index (χ1) is 8.17. The zero-order chi connectivity index (χ0) is 12.7. The van der Waals surface area contributed by atoms with E-state index in [0.29, 0.717) is 6.54 Å². The highest BCUT2D eigenvalue weighted by molar-refractivity contribution is 7.10. The van der Waals surface area contributed by atoms with Gasteiger partial charge in [0.1, 0.15) is 6.61 Å². The first kappa shape index (κ1) is 13.8. The zero-order valence-electron chi connectivity index (χ0n) is 10.1. The highest BCUT2D eigenvalue weighted by Gasteiger charge is 2.09. The molecule has 1 rings (SSSR count). The Kier molecular flexibility index (Phi) is 5.75. The van der Waals surface area contributed by atoms with Crippen LogP contribution in [-0.4, -0.2) is 17.6 Å². The van der Waals surface area contributed by atoms with Crippen LogP contribution in [0.4, 0.5) is 0 Å². The maximum atomic E-state index is 11.6. The summed E-state index contributed by atoms with van der Waals surface area (Å²) in [6.45, 7) is 4.34. The van der Waals surface area contributed by atoms with Crippen molar-refractivity contribution in [2.45, 2.75) is 26.8 Å². The quantitative estimate of drug-likeness (QED) is 0.801. The molecule has 0 bridgehead atoms. The normalized spacial score (nSPS) is 11.5. The van der Waals surface area contributed by atoms with Gasteiger partial charge in [-0.15, -0.1) is 11.3 Å². The lowest BCUT2D eigenvalue weighted by atomic mass is 10.1. The van der Waals surface area contributed by atoms with Gasteiger partial charge in [0, 0.05) is 21.7 Å². The molecule has 0 fully saturated rings. The van der Waals surface area contributed by atoms with E-state index in [-0.39, 0.29) is 18.4 Å². The van der Waals surface area contributed by atoms with Crippen molar-refractivity contribution in [1.82, 2.24) is 5.32 Å². The van der Waals surface area contributed by atoms with Gasteiger partial charge in [-0.25, -0.2) is 0 Å². The number of carbonyl (C=O) groups is 1. The molecule has 17 heavy (non-hydrogen) atoms. The van der Waals surface area contributed by atoms with Crippen LogP contribution >= 0.6 is 11.3 Å². The highest BCUT2D eigenvalue weighted by atomic mass is 32.1. The molecule has 0 spiro atoms. The van der Waals surface area contributed by atoms with Gasteiger partial charge in [0.25, 0.3) is 0 Å². The summed E-state index contributed by atoms with van der Waals surface area (Å²) in [6, 6.07) is 1.93. The first-order valence-corrected chi connectivity index (χ1v) is 6.50. The fourth-order valence-electron chi connectivity index (χ4n) is 1.21. The molecule has 0 aliphatic carbocycles. The molecule has 1 atom stereocenters. The molecule has 1 aromatic rings. The van der Waals surface area contributed by atoms with Crippen LogP contribution in [-0.2, 0) is 11.3 Å². The van der Waals surface area contributed by atoms with Gasteiger partial charge in [-0.3, -0.25) is 4.79 Å². The van der Waals surface area contributed by atoms with Crippen LogP contribution in [0.2, 0.25) is 0 Å². The lowest BCUT2D eigenvalue weighted by molar-refractivity contribution is -0.124. The van der Waals surface area contributed by atoms with Crippen molar-refractivity contribution in [3.8, 4) is 11.8 Å². The Morgan fingerprint density at radius 2 is 2.41 bits per heavy atom. The molecular formula is C13H17NO2S. The van der Waals surface area contributed by atoms with Crippen LogP contribution in [0.25, 0.3) is 0 Å². The summed E-state index contributed by atoms with van der Waals surface area (Å²) in [5, 5.41) is 13.4. The van der Waals surface area contributed by atoms with E-state index in [0.717, 1.165) is 16.9 Å². The van der Waals surface area contributed by atoms with Crippen molar-refractivity contribution in [3.05, 3.63) is 21.9 Å². The molecule has 0 aliphatic heterocycles. The minimum Gasteiger partial charge on any atom is -0.384 e. The smallest absolute Gasteiger partial charge is 0.223 e. The Morgan fingerprint density at radius 3 is 3.06 bits per heavy atom. The number of thiophene rings is 1. The van der Waals surface area contributed by atoms with E-state index in [1.165, 1.54) is 0 Å². The maximum absolute atomic E-state index is 11.6. The second-order valence-electron chi connectivity index (χ2n) is 3.79. The summed E-state index contributed by atoms with van der Waals surface area (Å²) in [4.78, 5) is 12.6. The van der Waals surface area contributed by atoms with Gasteiger partial charge >= 0.3 is 0 Å². The summed E-state index contributed by atoms with van der Waals surface area (Å²) in [7, 11) is 0. The van der Waals surface area contributed by atoms with E-state index >= 15 is 0 Å². The molecule has 1 aromatic heterocycles. The van der Waals surface area contributed by atoms with Crippen molar-refractivity contribution in [2.75, 3.05) is 6.61 Å². The molecule has 1 amide bonds. The molecule has 1 unspecified atom stereocenters. The van der Waals surface area contributed by atoms with Gasteiger partial charge < -0.3 is 10.4 Å². The lowest BCUT2D eigenvalue weighted by Crippen LogP contribution is -2.27. The van der Waals surface area contributed by atoms with Crippen molar-refractivity contribution in [3.63, 3.8) is 0 Å². The Labute approximate surface area is 106 Å². The monoisotopic (exact) mass is 251 g/mol. The molecule has 0 saturated heterocycles. The molecule has 3 nitrogen and oxygen atoms in total. The topological polar surface area (TPSA) is 49.3 Å². The summed E-state index contributed by atoms with van der Waals surface area (Å²) in [5.74, 6) is 5.57. The van der Waals surface area contributed by atoms with Crippen molar-refractivity contribution >= 4 is 17.2 Å². The van der Waals surface area contributed by atoms with E-state index in [9.17, 15) is 4.79 Å². The third-order valence-electron chi connectivity index (χ3n) is 2.46. The second kappa shape index (κ2) is 7.10. The fourth-order valence-corrected chi connectivity index (χ4v) is 1.97. The van der Waals surface area contributed by atoms with E-state index in [1.807, 2.05) is 25.3 Å². The Bertz CT molecular complexity index is 428. The van der Waals surface area contributed by atoms with Crippen LogP contribution in [0.1, 0.15) is 30.7 Å². The van der Waals surface area contributed by atoms with E-state index in [1.54, 1.807) is 11.3 Å². The molecule has 92 valence electrons.